The highest BCUT2D eigenvalue weighted by molar-refractivity contribution is 5.78. The number of aromatic amines is 2. The Kier molecular flexibility index (Phi) is 3.77. The molecular formula is C17H19N3O. The summed E-state index contributed by atoms with van der Waals surface area (Å²) < 4.78 is 0. The normalized spacial score (nSPS) is 12.4. The summed E-state index contributed by atoms with van der Waals surface area (Å²) in [5.41, 5.74) is 3.89. The summed E-state index contributed by atoms with van der Waals surface area (Å²) in [6.45, 7) is 2.17. The van der Waals surface area contributed by atoms with Crippen LogP contribution in [-0.2, 0) is 6.42 Å². The SMILES string of the molecule is CC(CCc1ccccc1)Nc1ccc2[nH]c(=O)[nH]c2c1. The van der Waals surface area contributed by atoms with Crippen LogP contribution in [-0.4, -0.2) is 16.0 Å². The van der Waals surface area contributed by atoms with Gasteiger partial charge in [-0.05, 0) is 43.5 Å². The smallest absolute Gasteiger partial charge is 0.323 e. The number of rotatable bonds is 5. The van der Waals surface area contributed by atoms with E-state index in [1.165, 1.54) is 5.56 Å². The van der Waals surface area contributed by atoms with Crippen LogP contribution >= 0.6 is 0 Å². The predicted molar refractivity (Wildman–Crippen MR) is 86.8 cm³/mol. The number of hydrogen-bond donors (Lipinski definition) is 3. The van der Waals surface area contributed by atoms with Crippen molar-refractivity contribution in [1.82, 2.24) is 9.97 Å². The topological polar surface area (TPSA) is 60.7 Å². The molecule has 3 N–H and O–H groups in total. The standard InChI is InChI=1S/C17H19N3O/c1-12(7-8-13-5-3-2-4-6-13)18-14-9-10-15-16(11-14)20-17(21)19-15/h2-6,9-12,18H,7-8H2,1H3,(H2,19,20,21). The summed E-state index contributed by atoms with van der Waals surface area (Å²) in [5, 5.41) is 3.48. The number of fused-ring (bicyclic) bond motifs is 1. The summed E-state index contributed by atoms with van der Waals surface area (Å²) in [4.78, 5) is 16.8. The minimum absolute atomic E-state index is 0.167. The molecule has 1 heterocycles. The molecule has 0 aliphatic carbocycles. The monoisotopic (exact) mass is 281 g/mol. The lowest BCUT2D eigenvalue weighted by atomic mass is 10.1. The van der Waals surface area contributed by atoms with Crippen LogP contribution in [0.5, 0.6) is 0 Å². The molecule has 1 unspecified atom stereocenters. The fourth-order valence-electron chi connectivity index (χ4n) is 2.51. The first-order valence-corrected chi connectivity index (χ1v) is 7.23. The van der Waals surface area contributed by atoms with E-state index in [2.05, 4.69) is 46.5 Å². The molecule has 0 bridgehead atoms. The van der Waals surface area contributed by atoms with Crippen LogP contribution in [0.15, 0.2) is 53.3 Å². The number of benzene rings is 2. The summed E-state index contributed by atoms with van der Waals surface area (Å²) in [7, 11) is 0. The second kappa shape index (κ2) is 5.87. The van der Waals surface area contributed by atoms with Gasteiger partial charge in [0.25, 0.3) is 0 Å². The lowest BCUT2D eigenvalue weighted by molar-refractivity contribution is 0.706. The predicted octanol–water partition coefficient (Wildman–Crippen LogP) is 3.29. The van der Waals surface area contributed by atoms with Crippen LogP contribution in [0.25, 0.3) is 11.0 Å². The molecule has 0 spiro atoms. The van der Waals surface area contributed by atoms with Crippen molar-refractivity contribution in [2.45, 2.75) is 25.8 Å². The first kappa shape index (κ1) is 13.5. The highest BCUT2D eigenvalue weighted by atomic mass is 16.1. The van der Waals surface area contributed by atoms with E-state index in [9.17, 15) is 4.79 Å². The van der Waals surface area contributed by atoms with Crippen LogP contribution < -0.4 is 11.0 Å². The molecule has 0 aliphatic rings. The van der Waals surface area contributed by atoms with E-state index in [-0.39, 0.29) is 5.69 Å². The molecule has 108 valence electrons. The molecular weight excluding hydrogens is 262 g/mol. The zero-order chi connectivity index (χ0) is 14.7. The number of hydrogen-bond acceptors (Lipinski definition) is 2. The molecule has 4 heteroatoms. The molecule has 21 heavy (non-hydrogen) atoms. The molecule has 3 rings (SSSR count). The number of anilines is 1. The highest BCUT2D eigenvalue weighted by Crippen LogP contribution is 2.16. The number of imidazole rings is 1. The minimum Gasteiger partial charge on any atom is -0.383 e. The van der Waals surface area contributed by atoms with Crippen molar-refractivity contribution in [3.63, 3.8) is 0 Å². The van der Waals surface area contributed by atoms with Gasteiger partial charge in [0, 0.05) is 11.7 Å². The van der Waals surface area contributed by atoms with Gasteiger partial charge < -0.3 is 15.3 Å². The van der Waals surface area contributed by atoms with Crippen molar-refractivity contribution in [3.8, 4) is 0 Å². The van der Waals surface area contributed by atoms with Gasteiger partial charge in [-0.25, -0.2) is 4.79 Å². The van der Waals surface area contributed by atoms with Gasteiger partial charge >= 0.3 is 5.69 Å². The van der Waals surface area contributed by atoms with Crippen molar-refractivity contribution in [2.24, 2.45) is 0 Å². The van der Waals surface area contributed by atoms with Crippen molar-refractivity contribution in [2.75, 3.05) is 5.32 Å². The number of nitrogens with one attached hydrogen (secondary N) is 3. The molecule has 1 aromatic heterocycles. The Hall–Kier alpha value is -2.49. The van der Waals surface area contributed by atoms with E-state index in [0.717, 1.165) is 29.6 Å². The van der Waals surface area contributed by atoms with E-state index in [1.54, 1.807) is 0 Å². The Morgan fingerprint density at radius 3 is 2.62 bits per heavy atom. The molecule has 0 amide bonds. The van der Waals surface area contributed by atoms with Crippen molar-refractivity contribution in [3.05, 3.63) is 64.6 Å². The van der Waals surface area contributed by atoms with Crippen LogP contribution in [0.4, 0.5) is 5.69 Å². The molecule has 0 saturated heterocycles. The third-order valence-electron chi connectivity index (χ3n) is 3.64. The largest absolute Gasteiger partial charge is 0.383 e. The van der Waals surface area contributed by atoms with Crippen LogP contribution in [0, 0.1) is 0 Å². The third-order valence-corrected chi connectivity index (χ3v) is 3.64. The Bertz CT molecular complexity index is 773. The van der Waals surface area contributed by atoms with Crippen LogP contribution in [0.1, 0.15) is 18.9 Å². The minimum atomic E-state index is -0.167. The van der Waals surface area contributed by atoms with Gasteiger partial charge in [0.1, 0.15) is 0 Å². The Morgan fingerprint density at radius 2 is 1.81 bits per heavy atom. The van der Waals surface area contributed by atoms with Gasteiger partial charge in [-0.1, -0.05) is 30.3 Å². The van der Waals surface area contributed by atoms with Gasteiger partial charge in [-0.2, -0.15) is 0 Å². The molecule has 3 aromatic rings. The summed E-state index contributed by atoms with van der Waals surface area (Å²) in [5.74, 6) is 0. The molecule has 2 aromatic carbocycles. The lowest BCUT2D eigenvalue weighted by Gasteiger charge is -2.15. The zero-order valence-corrected chi connectivity index (χ0v) is 12.0. The van der Waals surface area contributed by atoms with Gasteiger partial charge in [0.2, 0.25) is 0 Å². The maximum atomic E-state index is 11.3. The molecule has 0 aliphatic heterocycles. The van der Waals surface area contributed by atoms with Crippen LogP contribution in [0.2, 0.25) is 0 Å². The van der Waals surface area contributed by atoms with E-state index in [4.69, 9.17) is 0 Å². The third kappa shape index (κ3) is 3.34. The molecule has 0 saturated carbocycles. The van der Waals surface area contributed by atoms with Crippen molar-refractivity contribution in [1.29, 1.82) is 0 Å². The molecule has 1 atom stereocenters. The maximum Gasteiger partial charge on any atom is 0.323 e. The van der Waals surface area contributed by atoms with E-state index >= 15 is 0 Å². The average Bonchev–Trinajstić information content (AvgIpc) is 2.85. The summed E-state index contributed by atoms with van der Waals surface area (Å²) in [6.07, 6.45) is 2.12. The van der Waals surface area contributed by atoms with Gasteiger partial charge in [-0.15, -0.1) is 0 Å². The average molecular weight is 281 g/mol. The number of H-pyrrole nitrogens is 2. The highest BCUT2D eigenvalue weighted by Gasteiger charge is 2.04. The molecule has 0 radical (unpaired) electrons. The second-order valence-corrected chi connectivity index (χ2v) is 5.41. The van der Waals surface area contributed by atoms with Crippen molar-refractivity contribution < 1.29 is 0 Å². The first-order valence-electron chi connectivity index (χ1n) is 7.23. The molecule has 0 fully saturated rings. The molecule has 4 nitrogen and oxygen atoms in total. The van der Waals surface area contributed by atoms with E-state index in [0.29, 0.717) is 6.04 Å². The van der Waals surface area contributed by atoms with E-state index in [1.807, 2.05) is 24.3 Å². The Morgan fingerprint density at radius 1 is 1.05 bits per heavy atom. The summed E-state index contributed by atoms with van der Waals surface area (Å²) >= 11 is 0. The zero-order valence-electron chi connectivity index (χ0n) is 12.0. The fourth-order valence-corrected chi connectivity index (χ4v) is 2.51. The Labute approximate surface area is 123 Å². The summed E-state index contributed by atoms with van der Waals surface area (Å²) in [6, 6.07) is 16.7. The number of aromatic nitrogens is 2. The van der Waals surface area contributed by atoms with E-state index < -0.39 is 0 Å². The van der Waals surface area contributed by atoms with Crippen LogP contribution in [0.3, 0.4) is 0 Å². The quantitative estimate of drug-likeness (QED) is 0.672. The first-order chi connectivity index (χ1) is 10.2. The fraction of sp³-hybridized carbons (Fsp3) is 0.235. The van der Waals surface area contributed by atoms with Gasteiger partial charge in [-0.3, -0.25) is 0 Å². The van der Waals surface area contributed by atoms with Crippen molar-refractivity contribution >= 4 is 16.7 Å². The second-order valence-electron chi connectivity index (χ2n) is 5.41. The Balaban J connectivity index is 1.62. The maximum absolute atomic E-state index is 11.3. The van der Waals surface area contributed by atoms with Gasteiger partial charge in [0.05, 0.1) is 11.0 Å². The number of aryl methyl sites for hydroxylation is 1. The lowest BCUT2D eigenvalue weighted by Crippen LogP contribution is -2.15. The van der Waals surface area contributed by atoms with Gasteiger partial charge in [0.15, 0.2) is 0 Å².